The summed E-state index contributed by atoms with van der Waals surface area (Å²) in [6, 6.07) is -0.150. The predicted molar refractivity (Wildman–Crippen MR) is 85.5 cm³/mol. The third-order valence-electron chi connectivity index (χ3n) is 2.93. The van der Waals surface area contributed by atoms with E-state index < -0.39 is 5.91 Å². The van der Waals surface area contributed by atoms with Gasteiger partial charge in [0.2, 0.25) is 5.91 Å². The van der Waals surface area contributed by atoms with E-state index in [1.165, 1.54) is 16.2 Å². The molecule has 1 heterocycles. The lowest BCUT2D eigenvalue weighted by atomic mass is 10.3. The SMILES string of the molecule is CCCN(C)c1nc(N)c(C(=O)N(CC(N)=O)C(C)C)s1. The smallest absolute Gasteiger partial charge is 0.268 e. The topological polar surface area (TPSA) is 106 Å². The van der Waals surface area contributed by atoms with Crippen LogP contribution in [0.5, 0.6) is 0 Å². The minimum atomic E-state index is -0.552. The molecule has 0 fully saturated rings. The van der Waals surface area contributed by atoms with E-state index >= 15 is 0 Å². The third kappa shape index (κ3) is 4.32. The van der Waals surface area contributed by atoms with Gasteiger partial charge in [0, 0.05) is 19.6 Å². The molecular weight excluding hydrogens is 290 g/mol. The van der Waals surface area contributed by atoms with Gasteiger partial charge < -0.3 is 21.3 Å². The molecule has 4 N–H and O–H groups in total. The van der Waals surface area contributed by atoms with Crippen molar-refractivity contribution in [3.63, 3.8) is 0 Å². The molecule has 2 amide bonds. The van der Waals surface area contributed by atoms with E-state index in [0.29, 0.717) is 10.0 Å². The van der Waals surface area contributed by atoms with E-state index in [1.54, 1.807) is 0 Å². The number of carbonyl (C=O) groups is 2. The number of hydrogen-bond donors (Lipinski definition) is 2. The number of nitrogens with two attached hydrogens (primary N) is 2. The molecule has 7 nitrogen and oxygen atoms in total. The first-order chi connectivity index (χ1) is 9.77. The Morgan fingerprint density at radius 3 is 2.48 bits per heavy atom. The number of anilines is 2. The van der Waals surface area contributed by atoms with Crippen LogP contribution in [0.25, 0.3) is 0 Å². The van der Waals surface area contributed by atoms with Gasteiger partial charge in [-0.3, -0.25) is 9.59 Å². The highest BCUT2D eigenvalue weighted by Crippen LogP contribution is 2.29. The van der Waals surface area contributed by atoms with E-state index in [2.05, 4.69) is 11.9 Å². The second kappa shape index (κ2) is 7.26. The van der Waals surface area contributed by atoms with Crippen molar-refractivity contribution in [3.8, 4) is 0 Å². The molecule has 0 saturated heterocycles. The van der Waals surface area contributed by atoms with Crippen molar-refractivity contribution < 1.29 is 9.59 Å². The highest BCUT2D eigenvalue weighted by Gasteiger charge is 2.26. The molecule has 0 aliphatic rings. The average Bonchev–Trinajstić information content (AvgIpc) is 2.77. The van der Waals surface area contributed by atoms with E-state index in [-0.39, 0.29) is 24.3 Å². The maximum Gasteiger partial charge on any atom is 0.268 e. The molecule has 1 rings (SSSR count). The summed E-state index contributed by atoms with van der Waals surface area (Å²) in [4.78, 5) is 31.6. The predicted octanol–water partition coefficient (Wildman–Crippen LogP) is 0.907. The Kier molecular flexibility index (Phi) is 5.95. The molecule has 0 atom stereocenters. The van der Waals surface area contributed by atoms with Crippen LogP contribution in [0.1, 0.15) is 36.9 Å². The molecule has 8 heteroatoms. The molecule has 0 saturated carbocycles. The summed E-state index contributed by atoms with van der Waals surface area (Å²) in [5.74, 6) is -0.670. The number of hydrogen-bond acceptors (Lipinski definition) is 6. The molecule has 0 radical (unpaired) electrons. The lowest BCUT2D eigenvalue weighted by Gasteiger charge is -2.24. The molecule has 0 aliphatic heterocycles. The van der Waals surface area contributed by atoms with Crippen molar-refractivity contribution >= 4 is 34.1 Å². The van der Waals surface area contributed by atoms with Crippen LogP contribution in [0.15, 0.2) is 0 Å². The molecule has 21 heavy (non-hydrogen) atoms. The summed E-state index contributed by atoms with van der Waals surface area (Å²) < 4.78 is 0. The molecule has 118 valence electrons. The van der Waals surface area contributed by atoms with Gasteiger partial charge in [0.15, 0.2) is 5.13 Å². The summed E-state index contributed by atoms with van der Waals surface area (Å²) in [5.41, 5.74) is 11.0. The standard InChI is InChI=1S/C13H23N5O2S/c1-5-6-17(4)13-16-11(15)10(21-13)12(20)18(8(2)3)7-9(14)19/h8H,5-7,15H2,1-4H3,(H2,14,19). The average molecular weight is 313 g/mol. The fourth-order valence-corrected chi connectivity index (χ4v) is 2.78. The van der Waals surface area contributed by atoms with Crippen molar-refractivity contribution in [1.82, 2.24) is 9.88 Å². The van der Waals surface area contributed by atoms with Crippen LogP contribution >= 0.6 is 11.3 Å². The van der Waals surface area contributed by atoms with Gasteiger partial charge in [-0.2, -0.15) is 0 Å². The highest BCUT2D eigenvalue weighted by molar-refractivity contribution is 7.18. The summed E-state index contributed by atoms with van der Waals surface area (Å²) in [7, 11) is 1.90. The van der Waals surface area contributed by atoms with Gasteiger partial charge in [0.1, 0.15) is 10.7 Å². The number of nitrogens with zero attached hydrogens (tertiary/aromatic N) is 3. The van der Waals surface area contributed by atoms with Crippen molar-refractivity contribution in [2.45, 2.75) is 33.2 Å². The Morgan fingerprint density at radius 1 is 1.38 bits per heavy atom. The quantitative estimate of drug-likeness (QED) is 0.778. The fraction of sp³-hybridized carbons (Fsp3) is 0.615. The van der Waals surface area contributed by atoms with Crippen LogP contribution in [-0.4, -0.2) is 47.9 Å². The summed E-state index contributed by atoms with van der Waals surface area (Å²) in [5, 5.41) is 0.695. The highest BCUT2D eigenvalue weighted by atomic mass is 32.1. The monoisotopic (exact) mass is 313 g/mol. The number of amides is 2. The second-order valence-corrected chi connectivity index (χ2v) is 6.10. The molecule has 1 aromatic heterocycles. The number of thiazole rings is 1. The summed E-state index contributed by atoms with van der Waals surface area (Å²) in [6.07, 6.45) is 0.971. The number of primary amides is 1. The zero-order valence-corrected chi connectivity index (χ0v) is 13.7. The first-order valence-electron chi connectivity index (χ1n) is 6.84. The second-order valence-electron chi connectivity index (χ2n) is 5.13. The van der Waals surface area contributed by atoms with E-state index in [4.69, 9.17) is 11.5 Å². The Hall–Kier alpha value is -1.83. The normalized spacial score (nSPS) is 10.7. The van der Waals surface area contributed by atoms with Gasteiger partial charge in [-0.15, -0.1) is 0 Å². The number of carbonyl (C=O) groups excluding carboxylic acids is 2. The van der Waals surface area contributed by atoms with Gasteiger partial charge in [-0.1, -0.05) is 18.3 Å². The summed E-state index contributed by atoms with van der Waals surface area (Å²) in [6.45, 7) is 6.40. The molecule has 1 aromatic rings. The number of nitrogen functional groups attached to an aromatic ring is 1. The Morgan fingerprint density at radius 2 is 2.00 bits per heavy atom. The first kappa shape index (κ1) is 17.2. The zero-order valence-electron chi connectivity index (χ0n) is 12.9. The van der Waals surface area contributed by atoms with Crippen LogP contribution < -0.4 is 16.4 Å². The van der Waals surface area contributed by atoms with Crippen LogP contribution in [0.4, 0.5) is 10.9 Å². The molecule has 0 aliphatic carbocycles. The van der Waals surface area contributed by atoms with Gasteiger partial charge in [-0.05, 0) is 20.3 Å². The van der Waals surface area contributed by atoms with E-state index in [9.17, 15) is 9.59 Å². The summed E-state index contributed by atoms with van der Waals surface area (Å²) >= 11 is 1.23. The first-order valence-corrected chi connectivity index (χ1v) is 7.66. The van der Waals surface area contributed by atoms with Gasteiger partial charge >= 0.3 is 0 Å². The van der Waals surface area contributed by atoms with Crippen molar-refractivity contribution in [2.24, 2.45) is 5.73 Å². The van der Waals surface area contributed by atoms with Crippen LogP contribution in [0.3, 0.4) is 0 Å². The molecule has 0 spiro atoms. The van der Waals surface area contributed by atoms with Crippen LogP contribution in [-0.2, 0) is 4.79 Å². The Balaban J connectivity index is 3.02. The van der Waals surface area contributed by atoms with Gasteiger partial charge in [0.25, 0.3) is 5.91 Å². The molecule has 0 bridgehead atoms. The Labute approximate surface area is 128 Å². The molecule has 0 aromatic carbocycles. The third-order valence-corrected chi connectivity index (χ3v) is 4.11. The lowest BCUT2D eigenvalue weighted by Crippen LogP contribution is -2.42. The minimum Gasteiger partial charge on any atom is -0.382 e. The van der Waals surface area contributed by atoms with Gasteiger partial charge in [-0.25, -0.2) is 4.98 Å². The Bertz CT molecular complexity index is 515. The maximum atomic E-state index is 12.5. The maximum absolute atomic E-state index is 12.5. The lowest BCUT2D eigenvalue weighted by molar-refractivity contribution is -0.119. The minimum absolute atomic E-state index is 0.131. The van der Waals surface area contributed by atoms with Crippen LogP contribution in [0, 0.1) is 0 Å². The fourth-order valence-electron chi connectivity index (χ4n) is 1.85. The largest absolute Gasteiger partial charge is 0.382 e. The number of aromatic nitrogens is 1. The zero-order chi connectivity index (χ0) is 16.2. The van der Waals surface area contributed by atoms with E-state index in [1.807, 2.05) is 25.8 Å². The van der Waals surface area contributed by atoms with Crippen LogP contribution in [0.2, 0.25) is 0 Å². The van der Waals surface area contributed by atoms with Gasteiger partial charge in [0.05, 0.1) is 6.54 Å². The van der Waals surface area contributed by atoms with E-state index in [0.717, 1.165) is 13.0 Å². The number of rotatable bonds is 7. The molecule has 0 unspecified atom stereocenters. The molecular formula is C13H23N5O2S. The van der Waals surface area contributed by atoms with Crippen molar-refractivity contribution in [3.05, 3.63) is 4.88 Å². The van der Waals surface area contributed by atoms with Crippen molar-refractivity contribution in [1.29, 1.82) is 0 Å². The van der Waals surface area contributed by atoms with Crippen molar-refractivity contribution in [2.75, 3.05) is 30.8 Å².